The van der Waals surface area contributed by atoms with Crippen molar-refractivity contribution in [1.82, 2.24) is 0 Å². The Morgan fingerprint density at radius 2 is 1.84 bits per heavy atom. The van der Waals surface area contributed by atoms with Crippen molar-refractivity contribution in [3.05, 3.63) is 65.0 Å². The van der Waals surface area contributed by atoms with Crippen LogP contribution in [0.25, 0.3) is 0 Å². The molecule has 0 spiro atoms. The molecule has 0 N–H and O–H groups in total. The fraction of sp³-hybridized carbons (Fsp3) is 0.188. The Bertz CT molecular complexity index is 588. The van der Waals surface area contributed by atoms with Gasteiger partial charge in [-0.1, -0.05) is 42.0 Å². The smallest absolute Gasteiger partial charge is 0.168 e. The average molecular weight is 258 g/mol. The molecule has 0 bridgehead atoms. The quantitative estimate of drug-likeness (QED) is 0.784. The third-order valence-corrected chi connectivity index (χ3v) is 2.99. The van der Waals surface area contributed by atoms with Crippen molar-refractivity contribution in [2.24, 2.45) is 0 Å². The second-order valence-electron chi connectivity index (χ2n) is 4.40. The van der Waals surface area contributed by atoms with Gasteiger partial charge in [0.1, 0.15) is 0 Å². The first-order chi connectivity index (χ1) is 9.11. The molecule has 0 saturated heterocycles. The standard InChI is InChI=1S/C16H15FO2/c1-11-6-8-12(9-7-11)14(18)10-13-4-3-5-15(19-2)16(13)17/h3-9H,10H2,1-2H3. The van der Waals surface area contributed by atoms with E-state index in [0.717, 1.165) is 5.56 Å². The molecule has 0 aromatic heterocycles. The van der Waals surface area contributed by atoms with Crippen LogP contribution in [0.5, 0.6) is 5.75 Å². The summed E-state index contributed by atoms with van der Waals surface area (Å²) in [4.78, 5) is 12.1. The molecule has 0 aliphatic carbocycles. The van der Waals surface area contributed by atoms with Crippen LogP contribution in [0.3, 0.4) is 0 Å². The molecule has 2 rings (SSSR count). The van der Waals surface area contributed by atoms with Crippen molar-refractivity contribution in [3.63, 3.8) is 0 Å². The maximum Gasteiger partial charge on any atom is 0.168 e. The minimum absolute atomic E-state index is 0.0338. The summed E-state index contributed by atoms with van der Waals surface area (Å²) in [5, 5.41) is 0. The molecule has 0 heterocycles. The third kappa shape index (κ3) is 2.99. The SMILES string of the molecule is COc1cccc(CC(=O)c2ccc(C)cc2)c1F. The van der Waals surface area contributed by atoms with Crippen molar-refractivity contribution >= 4 is 5.78 Å². The monoisotopic (exact) mass is 258 g/mol. The number of benzene rings is 2. The Morgan fingerprint density at radius 3 is 2.47 bits per heavy atom. The molecular formula is C16H15FO2. The summed E-state index contributed by atoms with van der Waals surface area (Å²) in [6, 6.07) is 12.1. The number of hydrogen-bond donors (Lipinski definition) is 0. The second-order valence-corrected chi connectivity index (χ2v) is 4.40. The van der Waals surface area contributed by atoms with Gasteiger partial charge in [-0.3, -0.25) is 4.79 Å². The number of Topliss-reactive ketones (excluding diaryl/α,β-unsaturated/α-hetero) is 1. The van der Waals surface area contributed by atoms with Crippen LogP contribution in [0, 0.1) is 12.7 Å². The van der Waals surface area contributed by atoms with E-state index in [4.69, 9.17) is 4.74 Å². The number of halogens is 1. The lowest BCUT2D eigenvalue weighted by Crippen LogP contribution is -2.06. The van der Waals surface area contributed by atoms with Crippen LogP contribution in [0.1, 0.15) is 21.5 Å². The van der Waals surface area contributed by atoms with Crippen LogP contribution in [-0.4, -0.2) is 12.9 Å². The highest BCUT2D eigenvalue weighted by Crippen LogP contribution is 2.21. The zero-order valence-corrected chi connectivity index (χ0v) is 10.9. The van der Waals surface area contributed by atoms with Gasteiger partial charge in [0, 0.05) is 12.0 Å². The predicted molar refractivity (Wildman–Crippen MR) is 72.2 cm³/mol. The minimum atomic E-state index is -0.467. The highest BCUT2D eigenvalue weighted by Gasteiger charge is 2.13. The Hall–Kier alpha value is -2.16. The van der Waals surface area contributed by atoms with E-state index in [-0.39, 0.29) is 18.0 Å². The molecule has 0 aliphatic heterocycles. The van der Waals surface area contributed by atoms with Crippen molar-refractivity contribution < 1.29 is 13.9 Å². The summed E-state index contributed by atoms with van der Waals surface area (Å²) < 4.78 is 18.8. The molecule has 0 radical (unpaired) electrons. The van der Waals surface area contributed by atoms with E-state index in [1.165, 1.54) is 13.2 Å². The van der Waals surface area contributed by atoms with Gasteiger partial charge >= 0.3 is 0 Å². The molecule has 2 nitrogen and oxygen atoms in total. The first-order valence-electron chi connectivity index (χ1n) is 6.03. The van der Waals surface area contributed by atoms with E-state index in [9.17, 15) is 9.18 Å². The van der Waals surface area contributed by atoms with E-state index >= 15 is 0 Å². The summed E-state index contributed by atoms with van der Waals surface area (Å²) >= 11 is 0. The molecule has 0 unspecified atom stereocenters. The Kier molecular flexibility index (Phi) is 3.95. The maximum absolute atomic E-state index is 13.9. The molecule has 0 saturated carbocycles. The van der Waals surface area contributed by atoms with E-state index in [2.05, 4.69) is 0 Å². The van der Waals surface area contributed by atoms with Crippen molar-refractivity contribution in [2.75, 3.05) is 7.11 Å². The second kappa shape index (κ2) is 5.65. The normalized spacial score (nSPS) is 10.3. The number of methoxy groups -OCH3 is 1. The van der Waals surface area contributed by atoms with Crippen molar-refractivity contribution in [3.8, 4) is 5.75 Å². The minimum Gasteiger partial charge on any atom is -0.494 e. The van der Waals surface area contributed by atoms with Gasteiger partial charge in [-0.25, -0.2) is 4.39 Å². The Morgan fingerprint density at radius 1 is 1.16 bits per heavy atom. The lowest BCUT2D eigenvalue weighted by molar-refractivity contribution is 0.0991. The summed E-state index contributed by atoms with van der Waals surface area (Å²) in [7, 11) is 1.41. The number of carbonyl (C=O) groups excluding carboxylic acids is 1. The number of ketones is 1. The van der Waals surface area contributed by atoms with E-state index in [1.807, 2.05) is 19.1 Å². The Labute approximate surface area is 111 Å². The van der Waals surface area contributed by atoms with Gasteiger partial charge in [-0.15, -0.1) is 0 Å². The fourth-order valence-corrected chi connectivity index (χ4v) is 1.86. The molecule has 19 heavy (non-hydrogen) atoms. The average Bonchev–Trinajstić information content (AvgIpc) is 2.42. The number of carbonyl (C=O) groups is 1. The van der Waals surface area contributed by atoms with Crippen LogP contribution in [0.2, 0.25) is 0 Å². The Balaban J connectivity index is 2.21. The van der Waals surface area contributed by atoms with Gasteiger partial charge in [0.15, 0.2) is 17.3 Å². The lowest BCUT2D eigenvalue weighted by Gasteiger charge is -2.07. The van der Waals surface area contributed by atoms with Crippen LogP contribution in [0.15, 0.2) is 42.5 Å². The van der Waals surface area contributed by atoms with Crippen LogP contribution < -0.4 is 4.74 Å². The summed E-state index contributed by atoms with van der Waals surface area (Å²) in [5.41, 5.74) is 2.03. The van der Waals surface area contributed by atoms with Gasteiger partial charge in [0.2, 0.25) is 0 Å². The van der Waals surface area contributed by atoms with Crippen LogP contribution in [-0.2, 0) is 6.42 Å². The number of rotatable bonds is 4. The summed E-state index contributed by atoms with van der Waals surface area (Å²) in [5.74, 6) is -0.410. The molecule has 0 aliphatic rings. The first-order valence-corrected chi connectivity index (χ1v) is 6.03. The van der Waals surface area contributed by atoms with E-state index in [0.29, 0.717) is 11.1 Å². The molecule has 0 fully saturated rings. The fourth-order valence-electron chi connectivity index (χ4n) is 1.86. The topological polar surface area (TPSA) is 26.3 Å². The third-order valence-electron chi connectivity index (χ3n) is 2.99. The highest BCUT2D eigenvalue weighted by molar-refractivity contribution is 5.97. The number of hydrogen-bond acceptors (Lipinski definition) is 2. The van der Waals surface area contributed by atoms with Gasteiger partial charge in [-0.2, -0.15) is 0 Å². The highest BCUT2D eigenvalue weighted by atomic mass is 19.1. The molecule has 2 aromatic carbocycles. The number of aryl methyl sites for hydroxylation is 1. The lowest BCUT2D eigenvalue weighted by atomic mass is 10.0. The summed E-state index contributed by atoms with van der Waals surface area (Å²) in [6.07, 6.45) is 0.0338. The van der Waals surface area contributed by atoms with Crippen molar-refractivity contribution in [2.45, 2.75) is 13.3 Å². The molecule has 3 heteroatoms. The number of ether oxygens (including phenoxy) is 1. The van der Waals surface area contributed by atoms with Gasteiger partial charge in [-0.05, 0) is 18.6 Å². The molecule has 98 valence electrons. The zero-order valence-electron chi connectivity index (χ0n) is 10.9. The van der Waals surface area contributed by atoms with Crippen LogP contribution >= 0.6 is 0 Å². The van der Waals surface area contributed by atoms with Gasteiger partial charge in [0.25, 0.3) is 0 Å². The maximum atomic E-state index is 13.9. The molecular weight excluding hydrogens is 243 g/mol. The van der Waals surface area contributed by atoms with Crippen molar-refractivity contribution in [1.29, 1.82) is 0 Å². The zero-order chi connectivity index (χ0) is 13.8. The molecule has 0 amide bonds. The molecule has 2 aromatic rings. The van der Waals surface area contributed by atoms with E-state index < -0.39 is 5.82 Å². The molecule has 0 atom stereocenters. The largest absolute Gasteiger partial charge is 0.494 e. The van der Waals surface area contributed by atoms with Gasteiger partial charge in [0.05, 0.1) is 7.11 Å². The van der Waals surface area contributed by atoms with E-state index in [1.54, 1.807) is 24.3 Å². The predicted octanol–water partition coefficient (Wildman–Crippen LogP) is 3.57. The van der Waals surface area contributed by atoms with Gasteiger partial charge < -0.3 is 4.74 Å². The summed E-state index contributed by atoms with van der Waals surface area (Å²) in [6.45, 7) is 1.95. The first kappa shape index (κ1) is 13.3. The van der Waals surface area contributed by atoms with Crippen LogP contribution in [0.4, 0.5) is 4.39 Å².